The molecule has 0 bridgehead atoms. The number of nitrogens with zero attached hydrogens (tertiary/aromatic N) is 4. The predicted octanol–water partition coefficient (Wildman–Crippen LogP) is 2.34. The fourth-order valence-electron chi connectivity index (χ4n) is 3.87. The maximum atomic E-state index is 10.7. The predicted molar refractivity (Wildman–Crippen MR) is 119 cm³/mol. The molecule has 31 heavy (non-hydrogen) atoms. The van der Waals surface area contributed by atoms with Crippen LogP contribution in [-0.4, -0.2) is 64.2 Å². The molecule has 1 aliphatic carbocycles. The molecule has 1 fully saturated rings. The summed E-state index contributed by atoms with van der Waals surface area (Å²) in [4.78, 5) is 16.3. The lowest BCUT2D eigenvalue weighted by Crippen LogP contribution is -2.53. The van der Waals surface area contributed by atoms with Crippen molar-refractivity contribution in [3.8, 4) is 17.3 Å². The molecule has 0 spiro atoms. The molecule has 1 saturated heterocycles. The van der Waals surface area contributed by atoms with E-state index in [9.17, 15) is 5.11 Å². The smallest absolute Gasteiger partial charge is 0.180 e. The number of likely N-dealkylation sites (N-methyl/N-ethyl adjacent to an activating group) is 1. The third-order valence-corrected chi connectivity index (χ3v) is 5.76. The molecule has 8 heteroatoms. The summed E-state index contributed by atoms with van der Waals surface area (Å²) in [5, 5.41) is 14.0. The van der Waals surface area contributed by atoms with Crippen molar-refractivity contribution in [1.82, 2.24) is 20.3 Å². The van der Waals surface area contributed by atoms with E-state index in [1.807, 2.05) is 51.8 Å². The molecule has 8 nitrogen and oxygen atoms in total. The normalized spacial score (nSPS) is 18.3. The van der Waals surface area contributed by atoms with Gasteiger partial charge >= 0.3 is 0 Å². The van der Waals surface area contributed by atoms with Crippen molar-refractivity contribution in [2.45, 2.75) is 70.9 Å². The number of ether oxygens (including phenoxy) is 2. The second-order valence-corrected chi connectivity index (χ2v) is 9.49. The van der Waals surface area contributed by atoms with Crippen LogP contribution in [0.1, 0.15) is 45.4 Å². The number of rotatable bonds is 7. The molecule has 2 N–H and O–H groups in total. The number of hydrogen-bond donors (Lipinski definition) is 2. The maximum Gasteiger partial charge on any atom is 0.180 e. The Bertz CT molecular complexity index is 926. The van der Waals surface area contributed by atoms with Crippen LogP contribution in [0.15, 0.2) is 18.3 Å². The van der Waals surface area contributed by atoms with E-state index in [0.717, 1.165) is 36.5 Å². The maximum absolute atomic E-state index is 10.7. The molecular formula is C23H33N5O3. The summed E-state index contributed by atoms with van der Waals surface area (Å²) < 4.78 is 11.1. The van der Waals surface area contributed by atoms with E-state index < -0.39 is 6.23 Å². The van der Waals surface area contributed by atoms with Crippen molar-refractivity contribution in [1.29, 1.82) is 0 Å². The van der Waals surface area contributed by atoms with Gasteiger partial charge in [-0.25, -0.2) is 9.97 Å². The molecule has 0 aromatic carbocycles. The zero-order valence-corrected chi connectivity index (χ0v) is 19.1. The van der Waals surface area contributed by atoms with Crippen molar-refractivity contribution in [2.75, 3.05) is 25.2 Å². The van der Waals surface area contributed by atoms with Crippen LogP contribution < -0.4 is 15.0 Å². The second kappa shape index (κ2) is 8.68. The Balaban J connectivity index is 1.63. The fourth-order valence-corrected chi connectivity index (χ4v) is 3.87. The van der Waals surface area contributed by atoms with Gasteiger partial charge in [-0.05, 0) is 53.0 Å². The summed E-state index contributed by atoms with van der Waals surface area (Å²) in [6.07, 6.45) is 4.06. The van der Waals surface area contributed by atoms with Gasteiger partial charge in [-0.15, -0.1) is 0 Å². The molecule has 2 aromatic heterocycles. The lowest BCUT2D eigenvalue weighted by Gasteiger charge is -2.35. The van der Waals surface area contributed by atoms with Crippen molar-refractivity contribution in [2.24, 2.45) is 0 Å². The van der Waals surface area contributed by atoms with Gasteiger partial charge in [0, 0.05) is 36.1 Å². The van der Waals surface area contributed by atoms with Crippen LogP contribution in [0.5, 0.6) is 5.75 Å². The first kappa shape index (κ1) is 21.9. The Morgan fingerprint density at radius 3 is 2.71 bits per heavy atom. The van der Waals surface area contributed by atoms with Gasteiger partial charge in [0.2, 0.25) is 0 Å². The minimum absolute atomic E-state index is 0.0931. The first-order valence-electron chi connectivity index (χ1n) is 11.0. The number of hydrogen-bond acceptors (Lipinski definition) is 8. The molecule has 2 aromatic rings. The average molecular weight is 428 g/mol. The molecule has 1 aliphatic heterocycles. The van der Waals surface area contributed by atoms with Crippen LogP contribution in [0.2, 0.25) is 0 Å². The molecule has 168 valence electrons. The summed E-state index contributed by atoms with van der Waals surface area (Å²) >= 11 is 0. The van der Waals surface area contributed by atoms with E-state index in [-0.39, 0.29) is 17.7 Å². The molecule has 2 atom stereocenters. The molecule has 4 rings (SSSR count). The molecule has 0 saturated carbocycles. The van der Waals surface area contributed by atoms with E-state index in [1.54, 1.807) is 6.20 Å². The largest absolute Gasteiger partial charge is 0.485 e. The van der Waals surface area contributed by atoms with Crippen LogP contribution in [-0.2, 0) is 17.6 Å². The van der Waals surface area contributed by atoms with Crippen molar-refractivity contribution in [3.05, 3.63) is 29.6 Å². The lowest BCUT2D eigenvalue weighted by molar-refractivity contribution is -0.0796. The summed E-state index contributed by atoms with van der Waals surface area (Å²) in [5.74, 6) is 2.19. The van der Waals surface area contributed by atoms with Crippen molar-refractivity contribution < 1.29 is 14.6 Å². The Morgan fingerprint density at radius 1 is 1.26 bits per heavy atom. The van der Waals surface area contributed by atoms with E-state index >= 15 is 0 Å². The van der Waals surface area contributed by atoms with E-state index in [4.69, 9.17) is 19.4 Å². The number of aromatic nitrogens is 3. The first-order valence-corrected chi connectivity index (χ1v) is 11.0. The minimum atomic E-state index is -0.694. The van der Waals surface area contributed by atoms with Gasteiger partial charge in [-0.2, -0.15) is 0 Å². The van der Waals surface area contributed by atoms with Gasteiger partial charge in [-0.1, -0.05) is 0 Å². The second-order valence-electron chi connectivity index (χ2n) is 9.49. The highest BCUT2D eigenvalue weighted by Crippen LogP contribution is 2.32. The van der Waals surface area contributed by atoms with Gasteiger partial charge in [0.25, 0.3) is 0 Å². The van der Waals surface area contributed by atoms with Crippen LogP contribution in [0.25, 0.3) is 11.5 Å². The summed E-state index contributed by atoms with van der Waals surface area (Å²) in [7, 11) is 1.98. The number of aliphatic hydroxyl groups is 1. The summed E-state index contributed by atoms with van der Waals surface area (Å²) in [5.41, 5.74) is 2.73. The zero-order chi connectivity index (χ0) is 22.2. The highest BCUT2D eigenvalue weighted by atomic mass is 16.6. The number of aryl methyl sites for hydroxylation is 1. The molecular weight excluding hydrogens is 394 g/mol. The van der Waals surface area contributed by atoms with E-state index in [0.29, 0.717) is 24.7 Å². The van der Waals surface area contributed by atoms with Crippen molar-refractivity contribution in [3.63, 3.8) is 0 Å². The van der Waals surface area contributed by atoms with Crippen LogP contribution in [0, 0.1) is 0 Å². The number of nitrogens with one attached hydrogen (secondary N) is 1. The Morgan fingerprint density at radius 2 is 2.03 bits per heavy atom. The lowest BCUT2D eigenvalue weighted by atomic mass is 10.1. The highest BCUT2D eigenvalue weighted by molar-refractivity contribution is 5.60. The first-order chi connectivity index (χ1) is 14.7. The van der Waals surface area contributed by atoms with Crippen LogP contribution in [0.3, 0.4) is 0 Å². The monoisotopic (exact) mass is 427 g/mol. The van der Waals surface area contributed by atoms with Gasteiger partial charge in [0.05, 0.1) is 19.3 Å². The summed E-state index contributed by atoms with van der Waals surface area (Å²) in [6.45, 7) is 9.36. The summed E-state index contributed by atoms with van der Waals surface area (Å²) in [6, 6.07) is 3.56. The average Bonchev–Trinajstić information content (AvgIpc) is 3.16. The van der Waals surface area contributed by atoms with E-state index in [1.165, 1.54) is 5.56 Å². The van der Waals surface area contributed by atoms with Gasteiger partial charge in [0.1, 0.15) is 29.6 Å². The van der Waals surface area contributed by atoms with Gasteiger partial charge < -0.3 is 19.5 Å². The zero-order valence-electron chi connectivity index (χ0n) is 19.1. The van der Waals surface area contributed by atoms with Gasteiger partial charge in [-0.3, -0.25) is 10.3 Å². The third kappa shape index (κ3) is 4.97. The molecule has 0 amide bonds. The molecule has 1 unspecified atom stereocenters. The van der Waals surface area contributed by atoms with Crippen LogP contribution in [0.4, 0.5) is 5.82 Å². The number of pyridine rings is 1. The minimum Gasteiger partial charge on any atom is -0.485 e. The molecule has 0 radical (unpaired) electrons. The standard InChI is InChI=1S/C23H33N5O3/c1-14(22(29)27-23(2,3)4)28(5)21-17-7-6-8-18(17)25-20(26-21)19-11-15(9-10-24-19)31-16-12-30-13-16/h9-11,14,16,22,27,29H,6-8,12-13H2,1-5H3/t14-,22?/m1/s1. The number of anilines is 1. The number of fused-ring (bicyclic) bond motifs is 1. The Kier molecular flexibility index (Phi) is 6.14. The molecule has 2 aliphatic rings. The third-order valence-electron chi connectivity index (χ3n) is 5.76. The Hall–Kier alpha value is -2.29. The van der Waals surface area contributed by atoms with Crippen molar-refractivity contribution >= 4 is 5.82 Å². The number of aliphatic hydroxyl groups excluding tert-OH is 1. The quantitative estimate of drug-likeness (QED) is 0.651. The van der Waals surface area contributed by atoms with Gasteiger partial charge in [0.15, 0.2) is 5.82 Å². The Labute approximate surface area is 184 Å². The van der Waals surface area contributed by atoms with E-state index in [2.05, 4.69) is 10.3 Å². The highest BCUT2D eigenvalue weighted by Gasteiger charge is 2.29. The topological polar surface area (TPSA) is 92.6 Å². The fraction of sp³-hybridized carbons (Fsp3) is 0.609. The van der Waals surface area contributed by atoms with Crippen LogP contribution >= 0.6 is 0 Å². The SMILES string of the molecule is C[C@H](C(O)NC(C)(C)C)N(C)c1nc(-c2cc(OC3COC3)ccn2)nc2c1CCC2. The molecule has 3 heterocycles.